The zero-order valence-corrected chi connectivity index (χ0v) is 9.91. The minimum atomic E-state index is -2.82. The van der Waals surface area contributed by atoms with Gasteiger partial charge in [-0.05, 0) is 11.8 Å². The molecule has 2 fully saturated rings. The van der Waals surface area contributed by atoms with Crippen molar-refractivity contribution in [2.24, 2.45) is 17.7 Å². The van der Waals surface area contributed by atoms with E-state index >= 15 is 0 Å². The molecule has 0 aromatic rings. The molecule has 0 saturated carbocycles. The number of likely N-dealkylation sites (tertiary alicyclic amines) is 1. The molecule has 0 aromatic carbocycles. The van der Waals surface area contributed by atoms with Gasteiger partial charge in [-0.3, -0.25) is 5.84 Å². The summed E-state index contributed by atoms with van der Waals surface area (Å²) in [4.78, 5) is 2.25. The number of fused-ring (bicyclic) bond motifs is 1. The van der Waals surface area contributed by atoms with Gasteiger partial charge >= 0.3 is 0 Å². The van der Waals surface area contributed by atoms with Crippen molar-refractivity contribution in [1.82, 2.24) is 9.91 Å². The highest BCUT2D eigenvalue weighted by Crippen LogP contribution is 2.29. The van der Waals surface area contributed by atoms with Crippen molar-refractivity contribution in [2.45, 2.75) is 0 Å². The molecule has 0 spiro atoms. The van der Waals surface area contributed by atoms with Crippen LogP contribution in [0.1, 0.15) is 0 Å². The first kappa shape index (κ1) is 11.3. The SMILES string of the molecule is CS(=O)(=O)CCN1C[C@H]2CN(N)C[C@H]2C1. The Hall–Kier alpha value is -0.170. The van der Waals surface area contributed by atoms with Gasteiger partial charge in [0.25, 0.3) is 0 Å². The first-order valence-corrected chi connectivity index (χ1v) is 7.40. The van der Waals surface area contributed by atoms with Gasteiger partial charge in [0.2, 0.25) is 0 Å². The molecule has 15 heavy (non-hydrogen) atoms. The summed E-state index contributed by atoms with van der Waals surface area (Å²) in [5.74, 6) is 7.30. The summed E-state index contributed by atoms with van der Waals surface area (Å²) in [6.07, 6.45) is 1.30. The highest BCUT2D eigenvalue weighted by atomic mass is 32.2. The lowest BCUT2D eigenvalue weighted by molar-refractivity contribution is 0.267. The summed E-state index contributed by atoms with van der Waals surface area (Å²) in [6.45, 7) is 4.61. The molecule has 2 atom stereocenters. The number of hydrogen-bond donors (Lipinski definition) is 1. The van der Waals surface area contributed by atoms with E-state index < -0.39 is 9.84 Å². The molecule has 2 saturated heterocycles. The number of rotatable bonds is 3. The molecule has 2 rings (SSSR count). The fourth-order valence-electron chi connectivity index (χ4n) is 2.60. The minimum Gasteiger partial charge on any atom is -0.302 e. The minimum absolute atomic E-state index is 0.277. The van der Waals surface area contributed by atoms with Crippen LogP contribution in [0.5, 0.6) is 0 Å². The Morgan fingerprint density at radius 1 is 1.20 bits per heavy atom. The fraction of sp³-hybridized carbons (Fsp3) is 1.00. The molecule has 5 nitrogen and oxygen atoms in total. The van der Waals surface area contributed by atoms with Crippen LogP contribution in [0.2, 0.25) is 0 Å². The number of hydrogen-bond acceptors (Lipinski definition) is 5. The maximum atomic E-state index is 11.0. The maximum Gasteiger partial charge on any atom is 0.148 e. The summed E-state index contributed by atoms with van der Waals surface area (Å²) in [6, 6.07) is 0. The smallest absolute Gasteiger partial charge is 0.148 e. The van der Waals surface area contributed by atoms with E-state index in [2.05, 4.69) is 4.90 Å². The summed E-state index contributed by atoms with van der Waals surface area (Å²) in [7, 11) is -2.82. The van der Waals surface area contributed by atoms with Crippen LogP contribution < -0.4 is 5.84 Å². The molecule has 2 N–H and O–H groups in total. The average Bonchev–Trinajstić information content (AvgIpc) is 2.55. The van der Waals surface area contributed by atoms with Crippen LogP contribution in [0.4, 0.5) is 0 Å². The van der Waals surface area contributed by atoms with E-state index in [4.69, 9.17) is 5.84 Å². The highest BCUT2D eigenvalue weighted by molar-refractivity contribution is 7.90. The first-order chi connectivity index (χ1) is 6.94. The zero-order chi connectivity index (χ0) is 11.1. The summed E-state index contributed by atoms with van der Waals surface area (Å²) in [5.41, 5.74) is 0. The molecule has 0 radical (unpaired) electrons. The van der Waals surface area contributed by atoms with Gasteiger partial charge in [-0.15, -0.1) is 0 Å². The molecular weight excluding hydrogens is 214 g/mol. The van der Waals surface area contributed by atoms with E-state index in [-0.39, 0.29) is 5.75 Å². The van der Waals surface area contributed by atoms with E-state index in [0.29, 0.717) is 18.4 Å². The van der Waals surface area contributed by atoms with Crippen LogP contribution in [-0.4, -0.2) is 63.1 Å². The lowest BCUT2D eigenvalue weighted by atomic mass is 10.0. The second-order valence-electron chi connectivity index (χ2n) is 4.86. The van der Waals surface area contributed by atoms with Gasteiger partial charge in [0, 0.05) is 39.0 Å². The summed E-state index contributed by atoms with van der Waals surface area (Å²) in [5, 5.41) is 1.88. The van der Waals surface area contributed by atoms with Crippen molar-refractivity contribution in [2.75, 3.05) is 44.7 Å². The second kappa shape index (κ2) is 4.01. The van der Waals surface area contributed by atoms with Gasteiger partial charge < -0.3 is 4.90 Å². The summed E-state index contributed by atoms with van der Waals surface area (Å²) < 4.78 is 22.1. The van der Waals surface area contributed by atoms with E-state index in [1.165, 1.54) is 6.26 Å². The van der Waals surface area contributed by atoms with E-state index in [0.717, 1.165) is 26.2 Å². The average molecular weight is 233 g/mol. The molecule has 6 heteroatoms. The van der Waals surface area contributed by atoms with Crippen molar-refractivity contribution in [3.05, 3.63) is 0 Å². The Kier molecular flexibility index (Phi) is 3.03. The third-order valence-corrected chi connectivity index (χ3v) is 4.29. The molecular formula is C9H19N3O2S. The number of sulfone groups is 1. The lowest BCUT2D eigenvalue weighted by Crippen LogP contribution is -2.34. The molecule has 88 valence electrons. The Morgan fingerprint density at radius 2 is 1.73 bits per heavy atom. The molecule has 0 bridgehead atoms. The topological polar surface area (TPSA) is 66.6 Å². The van der Waals surface area contributed by atoms with Crippen LogP contribution >= 0.6 is 0 Å². The second-order valence-corrected chi connectivity index (χ2v) is 7.12. The number of nitrogens with two attached hydrogens (primary N) is 1. The largest absolute Gasteiger partial charge is 0.302 e. The van der Waals surface area contributed by atoms with Gasteiger partial charge in [-0.1, -0.05) is 0 Å². The fourth-order valence-corrected chi connectivity index (χ4v) is 3.19. The van der Waals surface area contributed by atoms with Crippen LogP contribution in [0.3, 0.4) is 0 Å². The Labute approximate surface area is 91.1 Å². The quantitative estimate of drug-likeness (QED) is 0.618. The van der Waals surface area contributed by atoms with E-state index in [1.807, 2.05) is 5.01 Å². The molecule has 2 heterocycles. The Morgan fingerprint density at radius 3 is 2.20 bits per heavy atom. The van der Waals surface area contributed by atoms with Gasteiger partial charge in [0.1, 0.15) is 9.84 Å². The molecule has 0 aromatic heterocycles. The normalized spacial score (nSPS) is 33.5. The van der Waals surface area contributed by atoms with Crippen molar-refractivity contribution in [3.63, 3.8) is 0 Å². The van der Waals surface area contributed by atoms with Gasteiger partial charge in [0.15, 0.2) is 0 Å². The van der Waals surface area contributed by atoms with Crippen LogP contribution in [0, 0.1) is 11.8 Å². The van der Waals surface area contributed by atoms with Crippen molar-refractivity contribution >= 4 is 9.84 Å². The van der Waals surface area contributed by atoms with E-state index in [9.17, 15) is 8.42 Å². The van der Waals surface area contributed by atoms with Crippen LogP contribution in [-0.2, 0) is 9.84 Å². The zero-order valence-electron chi connectivity index (χ0n) is 9.09. The third-order valence-electron chi connectivity index (χ3n) is 3.37. The third kappa shape index (κ3) is 2.90. The monoisotopic (exact) mass is 233 g/mol. The Balaban J connectivity index is 1.80. The summed E-state index contributed by atoms with van der Waals surface area (Å²) >= 11 is 0. The van der Waals surface area contributed by atoms with Crippen molar-refractivity contribution in [1.29, 1.82) is 0 Å². The van der Waals surface area contributed by atoms with Gasteiger partial charge in [-0.2, -0.15) is 0 Å². The molecule has 2 aliphatic rings. The van der Waals surface area contributed by atoms with Crippen LogP contribution in [0.15, 0.2) is 0 Å². The molecule has 2 aliphatic heterocycles. The maximum absolute atomic E-state index is 11.0. The van der Waals surface area contributed by atoms with Gasteiger partial charge in [-0.25, -0.2) is 13.4 Å². The molecule has 0 amide bonds. The number of hydrazine groups is 1. The van der Waals surface area contributed by atoms with E-state index in [1.54, 1.807) is 0 Å². The van der Waals surface area contributed by atoms with Gasteiger partial charge in [0.05, 0.1) is 5.75 Å². The predicted octanol–water partition coefficient (Wildman–Crippen LogP) is -1.23. The standard InChI is InChI=1S/C9H19N3O2S/c1-15(13,14)3-2-11-4-8-6-12(10)7-9(8)5-11/h8-9H,2-7,10H2,1H3/t8-,9+. The van der Waals surface area contributed by atoms with Crippen molar-refractivity contribution < 1.29 is 8.42 Å². The first-order valence-electron chi connectivity index (χ1n) is 5.34. The molecule has 0 unspecified atom stereocenters. The molecule has 0 aliphatic carbocycles. The Bertz CT molecular complexity index is 316. The lowest BCUT2D eigenvalue weighted by Gasteiger charge is -2.17. The highest BCUT2D eigenvalue weighted by Gasteiger charge is 2.38. The van der Waals surface area contributed by atoms with Crippen molar-refractivity contribution in [3.8, 4) is 0 Å². The predicted molar refractivity (Wildman–Crippen MR) is 58.9 cm³/mol. The number of nitrogens with zero attached hydrogens (tertiary/aromatic N) is 2. The van der Waals surface area contributed by atoms with Crippen LogP contribution in [0.25, 0.3) is 0 Å².